The Kier molecular flexibility index (Phi) is 5.39. The summed E-state index contributed by atoms with van der Waals surface area (Å²) in [5.41, 5.74) is 1.30. The van der Waals surface area contributed by atoms with Crippen LogP contribution in [-0.2, 0) is 6.42 Å². The molecule has 0 bridgehead atoms. The monoisotopic (exact) mass is 316 g/mol. The Morgan fingerprint density at radius 1 is 1.30 bits per heavy atom. The number of nitrogens with one attached hydrogen (secondary N) is 2. The Balaban J connectivity index is 1.42. The molecular formula is C18H28N4O. The molecule has 2 aliphatic heterocycles. The summed E-state index contributed by atoms with van der Waals surface area (Å²) in [6.45, 7) is 6.33. The maximum Gasteiger partial charge on any atom is 0.191 e. The molecule has 23 heavy (non-hydrogen) atoms. The number of likely N-dealkylation sites (N-methyl/N-ethyl adjacent to an activating group) is 1. The molecule has 1 aromatic rings. The molecule has 0 amide bonds. The Morgan fingerprint density at radius 3 is 2.91 bits per heavy atom. The standard InChI is InChI=1S/C18H28N4O/c1-3-22-10-6-8-15(22)12-20-18(19-2)21-13-16-11-14-7-4-5-9-17(14)23-16/h4-5,7,9,15-16H,3,6,8,10-13H2,1-2H3,(H2,19,20,21). The summed E-state index contributed by atoms with van der Waals surface area (Å²) in [6, 6.07) is 8.91. The molecule has 0 spiro atoms. The van der Waals surface area contributed by atoms with Crippen LogP contribution in [0.1, 0.15) is 25.3 Å². The van der Waals surface area contributed by atoms with Gasteiger partial charge in [0.15, 0.2) is 5.96 Å². The maximum absolute atomic E-state index is 5.96. The summed E-state index contributed by atoms with van der Waals surface area (Å²) in [6.07, 6.45) is 3.73. The lowest BCUT2D eigenvalue weighted by Gasteiger charge is -2.24. The number of guanidine groups is 1. The zero-order chi connectivity index (χ0) is 16.1. The van der Waals surface area contributed by atoms with E-state index < -0.39 is 0 Å². The highest BCUT2D eigenvalue weighted by atomic mass is 16.5. The van der Waals surface area contributed by atoms with Crippen LogP contribution in [0.4, 0.5) is 0 Å². The first-order chi connectivity index (χ1) is 11.3. The highest BCUT2D eigenvalue weighted by molar-refractivity contribution is 5.79. The van der Waals surface area contributed by atoms with Crippen LogP contribution in [0.15, 0.2) is 29.3 Å². The second-order valence-electron chi connectivity index (χ2n) is 6.31. The second kappa shape index (κ2) is 7.68. The first-order valence-corrected chi connectivity index (χ1v) is 8.73. The van der Waals surface area contributed by atoms with Crippen molar-refractivity contribution < 1.29 is 4.74 Å². The van der Waals surface area contributed by atoms with Crippen LogP contribution in [0.2, 0.25) is 0 Å². The molecule has 1 saturated heterocycles. The van der Waals surface area contributed by atoms with Gasteiger partial charge in [0.1, 0.15) is 11.9 Å². The molecule has 5 heteroatoms. The number of hydrogen-bond donors (Lipinski definition) is 2. The van der Waals surface area contributed by atoms with Crippen molar-refractivity contribution in [1.29, 1.82) is 0 Å². The number of benzene rings is 1. The Morgan fingerprint density at radius 2 is 2.13 bits per heavy atom. The number of para-hydroxylation sites is 1. The van der Waals surface area contributed by atoms with Gasteiger partial charge in [0.05, 0.1) is 6.54 Å². The van der Waals surface area contributed by atoms with E-state index in [9.17, 15) is 0 Å². The molecule has 2 N–H and O–H groups in total. The van der Waals surface area contributed by atoms with Crippen molar-refractivity contribution in [2.24, 2.45) is 4.99 Å². The first kappa shape index (κ1) is 16.1. The number of nitrogens with zero attached hydrogens (tertiary/aromatic N) is 2. The molecule has 0 radical (unpaired) electrons. The maximum atomic E-state index is 5.96. The van der Waals surface area contributed by atoms with Crippen LogP contribution >= 0.6 is 0 Å². The fourth-order valence-corrected chi connectivity index (χ4v) is 3.56. The van der Waals surface area contributed by atoms with E-state index in [1.807, 2.05) is 19.2 Å². The quantitative estimate of drug-likeness (QED) is 0.640. The van der Waals surface area contributed by atoms with Crippen molar-refractivity contribution in [2.75, 3.05) is 33.2 Å². The van der Waals surface area contributed by atoms with Crippen LogP contribution in [-0.4, -0.2) is 56.2 Å². The van der Waals surface area contributed by atoms with Gasteiger partial charge >= 0.3 is 0 Å². The number of hydrogen-bond acceptors (Lipinski definition) is 3. The van der Waals surface area contributed by atoms with E-state index in [1.165, 1.54) is 24.9 Å². The van der Waals surface area contributed by atoms with Crippen LogP contribution in [0.5, 0.6) is 5.75 Å². The number of aliphatic imine (C=N–C) groups is 1. The fourth-order valence-electron chi connectivity index (χ4n) is 3.56. The predicted molar refractivity (Wildman–Crippen MR) is 94.2 cm³/mol. The fraction of sp³-hybridized carbons (Fsp3) is 0.611. The van der Waals surface area contributed by atoms with Gasteiger partial charge in [0.2, 0.25) is 0 Å². The van der Waals surface area contributed by atoms with E-state index in [-0.39, 0.29) is 6.10 Å². The number of likely N-dealkylation sites (tertiary alicyclic amines) is 1. The number of rotatable bonds is 5. The van der Waals surface area contributed by atoms with Crippen molar-refractivity contribution in [1.82, 2.24) is 15.5 Å². The van der Waals surface area contributed by atoms with E-state index in [1.54, 1.807) is 0 Å². The normalized spacial score (nSPS) is 24.3. The lowest BCUT2D eigenvalue weighted by atomic mass is 10.1. The zero-order valence-corrected chi connectivity index (χ0v) is 14.2. The van der Waals surface area contributed by atoms with Gasteiger partial charge < -0.3 is 15.4 Å². The highest BCUT2D eigenvalue weighted by Gasteiger charge is 2.24. The van der Waals surface area contributed by atoms with Gasteiger partial charge in [-0.2, -0.15) is 0 Å². The SMILES string of the molecule is CCN1CCCC1CNC(=NC)NCC1Cc2ccccc2O1. The lowest BCUT2D eigenvalue weighted by molar-refractivity contribution is 0.234. The summed E-state index contributed by atoms with van der Waals surface area (Å²) in [7, 11) is 1.83. The molecule has 126 valence electrons. The third kappa shape index (κ3) is 3.96. The van der Waals surface area contributed by atoms with Crippen molar-refractivity contribution >= 4 is 5.96 Å². The largest absolute Gasteiger partial charge is 0.488 e. The molecule has 1 aromatic carbocycles. The van der Waals surface area contributed by atoms with Crippen molar-refractivity contribution in [2.45, 2.75) is 38.3 Å². The van der Waals surface area contributed by atoms with E-state index in [2.05, 4.69) is 39.6 Å². The third-order valence-electron chi connectivity index (χ3n) is 4.84. The smallest absolute Gasteiger partial charge is 0.191 e. The van der Waals surface area contributed by atoms with Crippen LogP contribution in [0.25, 0.3) is 0 Å². The van der Waals surface area contributed by atoms with Gasteiger partial charge in [-0.3, -0.25) is 9.89 Å². The van der Waals surface area contributed by atoms with E-state index in [4.69, 9.17) is 4.74 Å². The summed E-state index contributed by atoms with van der Waals surface area (Å²) in [5, 5.41) is 6.86. The van der Waals surface area contributed by atoms with Gasteiger partial charge in [-0.25, -0.2) is 0 Å². The molecule has 1 fully saturated rings. The first-order valence-electron chi connectivity index (χ1n) is 8.73. The molecule has 3 rings (SSSR count). The number of ether oxygens (including phenoxy) is 1. The predicted octanol–water partition coefficient (Wildman–Crippen LogP) is 1.64. The molecule has 2 unspecified atom stereocenters. The molecule has 0 saturated carbocycles. The van der Waals surface area contributed by atoms with Crippen LogP contribution in [0.3, 0.4) is 0 Å². The summed E-state index contributed by atoms with van der Waals surface area (Å²) >= 11 is 0. The van der Waals surface area contributed by atoms with Crippen LogP contribution < -0.4 is 15.4 Å². The van der Waals surface area contributed by atoms with Crippen molar-refractivity contribution in [3.8, 4) is 5.75 Å². The Hall–Kier alpha value is -1.75. The second-order valence-corrected chi connectivity index (χ2v) is 6.31. The molecule has 5 nitrogen and oxygen atoms in total. The average molecular weight is 316 g/mol. The topological polar surface area (TPSA) is 48.9 Å². The Labute approximate surface area is 139 Å². The molecule has 0 aromatic heterocycles. The third-order valence-corrected chi connectivity index (χ3v) is 4.84. The van der Waals surface area contributed by atoms with Gasteiger partial charge in [0, 0.05) is 26.1 Å². The van der Waals surface area contributed by atoms with Crippen molar-refractivity contribution in [3.05, 3.63) is 29.8 Å². The minimum Gasteiger partial charge on any atom is -0.488 e. The molecular weight excluding hydrogens is 288 g/mol. The number of fused-ring (bicyclic) bond motifs is 1. The highest BCUT2D eigenvalue weighted by Crippen LogP contribution is 2.27. The molecule has 2 atom stereocenters. The van der Waals surface area contributed by atoms with E-state index >= 15 is 0 Å². The minimum absolute atomic E-state index is 0.185. The lowest BCUT2D eigenvalue weighted by Crippen LogP contribution is -2.47. The summed E-state index contributed by atoms with van der Waals surface area (Å²) in [5.74, 6) is 1.89. The molecule has 2 heterocycles. The van der Waals surface area contributed by atoms with Gasteiger partial charge in [0.25, 0.3) is 0 Å². The van der Waals surface area contributed by atoms with Gasteiger partial charge in [-0.1, -0.05) is 25.1 Å². The average Bonchev–Trinajstić information content (AvgIpc) is 3.20. The zero-order valence-electron chi connectivity index (χ0n) is 14.2. The summed E-state index contributed by atoms with van der Waals surface area (Å²) < 4.78 is 5.96. The van der Waals surface area contributed by atoms with E-state index in [0.717, 1.165) is 37.8 Å². The minimum atomic E-state index is 0.185. The van der Waals surface area contributed by atoms with Gasteiger partial charge in [-0.05, 0) is 37.6 Å². The van der Waals surface area contributed by atoms with Gasteiger partial charge in [-0.15, -0.1) is 0 Å². The van der Waals surface area contributed by atoms with Crippen LogP contribution in [0, 0.1) is 0 Å². The molecule has 0 aliphatic carbocycles. The van der Waals surface area contributed by atoms with Crippen molar-refractivity contribution in [3.63, 3.8) is 0 Å². The Bertz CT molecular complexity index is 521. The summed E-state index contributed by atoms with van der Waals surface area (Å²) in [4.78, 5) is 6.87. The molecule has 2 aliphatic rings. The van der Waals surface area contributed by atoms with E-state index in [0.29, 0.717) is 6.04 Å².